The minimum absolute atomic E-state index is 0.195. The largest absolute Gasteiger partial charge is 0.477 e. The number of carbonyl (C=O) groups is 1. The van der Waals surface area contributed by atoms with Crippen LogP contribution in [-0.4, -0.2) is 30.9 Å². The van der Waals surface area contributed by atoms with Crippen molar-refractivity contribution in [1.82, 2.24) is 9.78 Å². The maximum atomic E-state index is 11.1. The zero-order valence-electron chi connectivity index (χ0n) is 13.2. The minimum Gasteiger partial charge on any atom is -0.477 e. The number of carboxylic acid groups (broad SMARTS) is 1. The highest BCUT2D eigenvalue weighted by Gasteiger charge is 2.26. The summed E-state index contributed by atoms with van der Waals surface area (Å²) < 4.78 is 1.93. The molecule has 0 aliphatic carbocycles. The standard InChI is InChI=1S/C17H20IN3O2/c1-11-4-3-5-16(18)21(11)13-8-6-12(7-9-13)14-10-15(17(22)23)20(2)19-14/h6-11,16H,3-5H2,1-2H3,(H,22,23)/t11-,16+/m1/s1. The number of alkyl halides is 1. The summed E-state index contributed by atoms with van der Waals surface area (Å²) in [5.74, 6) is -0.960. The average Bonchev–Trinajstić information content (AvgIpc) is 2.90. The van der Waals surface area contributed by atoms with Gasteiger partial charge >= 0.3 is 5.97 Å². The summed E-state index contributed by atoms with van der Waals surface area (Å²) in [6.45, 7) is 2.27. The number of piperidine rings is 1. The van der Waals surface area contributed by atoms with Gasteiger partial charge in [-0.2, -0.15) is 5.10 Å². The lowest BCUT2D eigenvalue weighted by Crippen LogP contribution is -2.42. The second-order valence-corrected chi connectivity index (χ2v) is 7.45. The van der Waals surface area contributed by atoms with Crippen LogP contribution in [0.2, 0.25) is 0 Å². The van der Waals surface area contributed by atoms with E-state index >= 15 is 0 Å². The lowest BCUT2D eigenvalue weighted by atomic mass is 10.0. The van der Waals surface area contributed by atoms with Gasteiger partial charge in [0.2, 0.25) is 0 Å². The van der Waals surface area contributed by atoms with Crippen molar-refractivity contribution in [2.24, 2.45) is 7.05 Å². The Morgan fingerprint density at radius 2 is 2.00 bits per heavy atom. The van der Waals surface area contributed by atoms with Crippen molar-refractivity contribution in [1.29, 1.82) is 0 Å². The third kappa shape index (κ3) is 3.22. The first kappa shape index (κ1) is 16.3. The molecule has 5 nitrogen and oxygen atoms in total. The Hall–Kier alpha value is -1.57. The molecule has 2 aromatic rings. The van der Waals surface area contributed by atoms with Gasteiger partial charge in [0.1, 0.15) is 5.69 Å². The van der Waals surface area contributed by atoms with Crippen molar-refractivity contribution >= 4 is 34.2 Å². The summed E-state index contributed by atoms with van der Waals surface area (Å²) in [6.07, 6.45) is 3.73. The zero-order valence-corrected chi connectivity index (χ0v) is 15.4. The number of aromatic nitrogens is 2. The predicted molar refractivity (Wildman–Crippen MR) is 99.2 cm³/mol. The number of rotatable bonds is 3. The van der Waals surface area contributed by atoms with Crippen LogP contribution in [0.25, 0.3) is 11.3 Å². The molecule has 23 heavy (non-hydrogen) atoms. The molecular weight excluding hydrogens is 405 g/mol. The first-order valence-electron chi connectivity index (χ1n) is 7.77. The molecule has 1 aliphatic rings. The molecule has 3 rings (SSSR count). The Morgan fingerprint density at radius 1 is 1.30 bits per heavy atom. The lowest BCUT2D eigenvalue weighted by Gasteiger charge is -2.39. The van der Waals surface area contributed by atoms with E-state index in [1.165, 1.54) is 29.6 Å². The van der Waals surface area contributed by atoms with Gasteiger partial charge in [-0.25, -0.2) is 4.79 Å². The summed E-state index contributed by atoms with van der Waals surface area (Å²) in [5, 5.41) is 13.4. The Kier molecular flexibility index (Phi) is 4.61. The van der Waals surface area contributed by atoms with Crippen LogP contribution < -0.4 is 4.90 Å². The van der Waals surface area contributed by atoms with Gasteiger partial charge < -0.3 is 10.0 Å². The van der Waals surface area contributed by atoms with Gasteiger partial charge in [0.25, 0.3) is 0 Å². The van der Waals surface area contributed by atoms with Crippen LogP contribution in [0.15, 0.2) is 30.3 Å². The van der Waals surface area contributed by atoms with Crippen molar-refractivity contribution < 1.29 is 9.90 Å². The van der Waals surface area contributed by atoms with E-state index in [1.807, 2.05) is 12.1 Å². The second-order valence-electron chi connectivity index (χ2n) is 6.01. The quantitative estimate of drug-likeness (QED) is 0.460. The number of aromatic carboxylic acids is 1. The van der Waals surface area contributed by atoms with E-state index in [0.29, 0.717) is 15.8 Å². The summed E-state index contributed by atoms with van der Waals surface area (Å²) in [6, 6.07) is 10.4. The molecule has 122 valence electrons. The van der Waals surface area contributed by atoms with Gasteiger partial charge in [-0.15, -0.1) is 0 Å². The van der Waals surface area contributed by atoms with E-state index < -0.39 is 5.97 Å². The van der Waals surface area contributed by atoms with Crippen LogP contribution in [0.3, 0.4) is 0 Å². The molecule has 1 fully saturated rings. The molecular formula is C17H20IN3O2. The lowest BCUT2D eigenvalue weighted by molar-refractivity contribution is 0.0685. The first-order valence-corrected chi connectivity index (χ1v) is 9.02. The van der Waals surface area contributed by atoms with Gasteiger partial charge in [0.05, 0.1) is 9.74 Å². The summed E-state index contributed by atoms with van der Waals surface area (Å²) in [7, 11) is 1.65. The fourth-order valence-electron chi connectivity index (χ4n) is 3.17. The molecule has 0 amide bonds. The zero-order chi connectivity index (χ0) is 16.6. The molecule has 1 aromatic heterocycles. The van der Waals surface area contributed by atoms with E-state index in [2.05, 4.69) is 51.6 Å². The highest BCUT2D eigenvalue weighted by atomic mass is 127. The highest BCUT2D eigenvalue weighted by Crippen LogP contribution is 2.33. The maximum Gasteiger partial charge on any atom is 0.354 e. The number of benzene rings is 1. The highest BCUT2D eigenvalue weighted by molar-refractivity contribution is 14.1. The predicted octanol–water partition coefficient (Wildman–Crippen LogP) is 3.93. The van der Waals surface area contributed by atoms with Gasteiger partial charge in [-0.1, -0.05) is 34.7 Å². The van der Waals surface area contributed by atoms with Crippen LogP contribution in [0, 0.1) is 0 Å². The minimum atomic E-state index is -0.960. The molecule has 6 heteroatoms. The fraction of sp³-hybridized carbons (Fsp3) is 0.412. The number of anilines is 1. The van der Waals surface area contributed by atoms with Crippen LogP contribution in [0.5, 0.6) is 0 Å². The number of halogens is 1. The van der Waals surface area contributed by atoms with Gasteiger partial charge in [-0.05, 0) is 44.4 Å². The van der Waals surface area contributed by atoms with Crippen molar-refractivity contribution in [3.8, 4) is 11.3 Å². The molecule has 0 radical (unpaired) electrons. The van der Waals surface area contributed by atoms with E-state index in [1.54, 1.807) is 13.1 Å². The van der Waals surface area contributed by atoms with Gasteiger partial charge in [0, 0.05) is 24.3 Å². The normalized spacial score (nSPS) is 21.4. The summed E-state index contributed by atoms with van der Waals surface area (Å²) >= 11 is 2.52. The molecule has 2 atom stereocenters. The summed E-state index contributed by atoms with van der Waals surface area (Å²) in [4.78, 5) is 13.6. The summed E-state index contributed by atoms with van der Waals surface area (Å²) in [5.41, 5.74) is 3.04. The third-order valence-corrected chi connectivity index (χ3v) is 5.62. The first-order chi connectivity index (χ1) is 11.0. The average molecular weight is 425 g/mol. The van der Waals surface area contributed by atoms with Crippen LogP contribution >= 0.6 is 22.6 Å². The molecule has 1 aromatic carbocycles. The topological polar surface area (TPSA) is 58.4 Å². The van der Waals surface area contributed by atoms with E-state index in [4.69, 9.17) is 5.11 Å². The fourth-order valence-corrected chi connectivity index (χ4v) is 4.48. The SMILES string of the molecule is C[C@@H]1CCC[C@@H](I)N1c1ccc(-c2cc(C(=O)O)n(C)n2)cc1. The monoisotopic (exact) mass is 425 g/mol. The molecule has 0 unspecified atom stereocenters. The molecule has 1 saturated heterocycles. The van der Waals surface area contributed by atoms with Crippen molar-refractivity contribution in [2.75, 3.05) is 4.90 Å². The van der Waals surface area contributed by atoms with Crippen LogP contribution in [-0.2, 0) is 7.05 Å². The third-order valence-electron chi connectivity index (χ3n) is 4.40. The number of hydrogen-bond donors (Lipinski definition) is 1. The second kappa shape index (κ2) is 6.51. The maximum absolute atomic E-state index is 11.1. The van der Waals surface area contributed by atoms with E-state index in [-0.39, 0.29) is 5.69 Å². The Labute approximate surface area is 149 Å². The molecule has 0 saturated carbocycles. The molecule has 0 bridgehead atoms. The molecule has 2 heterocycles. The molecule has 1 N–H and O–H groups in total. The van der Waals surface area contributed by atoms with Crippen LogP contribution in [0.1, 0.15) is 36.7 Å². The number of hydrogen-bond acceptors (Lipinski definition) is 3. The van der Waals surface area contributed by atoms with Gasteiger partial charge in [-0.3, -0.25) is 4.68 Å². The van der Waals surface area contributed by atoms with Crippen molar-refractivity contribution in [3.05, 3.63) is 36.0 Å². The number of carboxylic acids is 1. The van der Waals surface area contributed by atoms with Crippen LogP contribution in [0.4, 0.5) is 5.69 Å². The van der Waals surface area contributed by atoms with Crippen molar-refractivity contribution in [2.45, 2.75) is 36.3 Å². The van der Waals surface area contributed by atoms with E-state index in [9.17, 15) is 4.79 Å². The number of nitrogens with zero attached hydrogens (tertiary/aromatic N) is 3. The Balaban J connectivity index is 1.87. The molecule has 1 aliphatic heterocycles. The Bertz CT molecular complexity index is 701. The van der Waals surface area contributed by atoms with E-state index in [0.717, 1.165) is 5.56 Å². The molecule has 0 spiro atoms. The smallest absolute Gasteiger partial charge is 0.354 e. The van der Waals surface area contributed by atoms with Gasteiger partial charge in [0.15, 0.2) is 0 Å². The van der Waals surface area contributed by atoms with Crippen molar-refractivity contribution in [3.63, 3.8) is 0 Å². The Morgan fingerprint density at radius 3 is 2.57 bits per heavy atom. The number of aryl methyl sites for hydroxylation is 1.